The minimum Gasteiger partial charge on any atom is -0.480 e. The number of benzene rings is 1. The van der Waals surface area contributed by atoms with Crippen molar-refractivity contribution in [3.63, 3.8) is 0 Å². The number of methoxy groups -OCH3 is 1. The average Bonchev–Trinajstić information content (AvgIpc) is 3.73. The van der Waals surface area contributed by atoms with Crippen molar-refractivity contribution in [2.75, 3.05) is 30.8 Å². The van der Waals surface area contributed by atoms with Crippen LogP contribution in [0.1, 0.15) is 46.6 Å². The molecule has 2 amide bonds. The van der Waals surface area contributed by atoms with Crippen molar-refractivity contribution in [1.82, 2.24) is 20.3 Å². The average molecular weight is 577 g/mol. The molecule has 206 valence electrons. The van der Waals surface area contributed by atoms with Gasteiger partial charge in [0, 0.05) is 52.6 Å². The summed E-state index contributed by atoms with van der Waals surface area (Å²) in [7, 11) is 1.49. The van der Waals surface area contributed by atoms with Crippen molar-refractivity contribution in [3.8, 4) is 16.5 Å². The number of pyridine rings is 2. The molecule has 0 radical (unpaired) electrons. The lowest BCUT2D eigenvalue weighted by molar-refractivity contribution is -0.117. The Kier molecular flexibility index (Phi) is 7.53. The van der Waals surface area contributed by atoms with Gasteiger partial charge in [-0.05, 0) is 74.4 Å². The van der Waals surface area contributed by atoms with E-state index < -0.39 is 0 Å². The largest absolute Gasteiger partial charge is 0.480 e. The number of hydrogen-bond donors (Lipinski definition) is 3. The van der Waals surface area contributed by atoms with Gasteiger partial charge in [0.05, 0.1) is 12.6 Å². The van der Waals surface area contributed by atoms with Crippen LogP contribution in [0.25, 0.3) is 21.5 Å². The fraction of sp³-hybridized carbons (Fsp3) is 0.345. The molecule has 0 bridgehead atoms. The minimum absolute atomic E-state index is 0.0147. The van der Waals surface area contributed by atoms with Gasteiger partial charge in [-0.1, -0.05) is 11.6 Å². The van der Waals surface area contributed by atoms with Crippen LogP contribution in [0.3, 0.4) is 0 Å². The molecular formula is C29H29ClN6O3S. The number of nitrogens with one attached hydrogen (secondary N) is 3. The molecule has 0 unspecified atom stereocenters. The maximum Gasteiger partial charge on any atom is 0.267 e. The van der Waals surface area contributed by atoms with Gasteiger partial charge in [-0.3, -0.25) is 14.6 Å². The van der Waals surface area contributed by atoms with E-state index in [2.05, 4.69) is 25.9 Å². The van der Waals surface area contributed by atoms with Gasteiger partial charge >= 0.3 is 0 Å². The van der Waals surface area contributed by atoms with E-state index in [1.165, 1.54) is 24.0 Å². The van der Waals surface area contributed by atoms with Crippen LogP contribution in [0.15, 0.2) is 36.5 Å². The summed E-state index contributed by atoms with van der Waals surface area (Å²) in [5.41, 5.74) is 5.09. The number of rotatable bonds is 9. The fourth-order valence-corrected chi connectivity index (χ4v) is 6.08. The molecule has 9 nitrogen and oxygen atoms in total. The number of thiazole rings is 1. The molecule has 6 rings (SSSR count). The molecule has 40 heavy (non-hydrogen) atoms. The number of anilines is 2. The summed E-state index contributed by atoms with van der Waals surface area (Å²) >= 11 is 7.48. The molecule has 4 aromatic rings. The first kappa shape index (κ1) is 26.5. The summed E-state index contributed by atoms with van der Waals surface area (Å²) in [5, 5.41) is 11.7. The first-order chi connectivity index (χ1) is 19.5. The molecule has 11 heteroatoms. The number of aromatic nitrogens is 3. The number of ether oxygens (including phenoxy) is 1. The number of hydrogen-bond acceptors (Lipinski definition) is 8. The topological polar surface area (TPSA) is 118 Å². The summed E-state index contributed by atoms with van der Waals surface area (Å²) in [5.74, 6) is 0.535. The summed E-state index contributed by atoms with van der Waals surface area (Å²) in [6.07, 6.45) is 7.67. The molecule has 2 aliphatic rings. The van der Waals surface area contributed by atoms with E-state index in [4.69, 9.17) is 21.3 Å². The molecule has 3 N–H and O–H groups in total. The number of nitrogens with zero attached hydrogens (tertiary/aromatic N) is 3. The highest BCUT2D eigenvalue weighted by Crippen LogP contribution is 2.35. The van der Waals surface area contributed by atoms with Gasteiger partial charge < -0.3 is 20.7 Å². The SMILES string of the molecule is COc1nc(-c2ccnc(NC(=O)C3CC3)c2)sc1C(=O)NCCNc1c2c(nc3cc(Cl)ccc13)CCCC2. The predicted octanol–water partition coefficient (Wildman–Crippen LogP) is 5.48. The van der Waals surface area contributed by atoms with Crippen molar-refractivity contribution in [3.05, 3.63) is 57.7 Å². The Bertz CT molecular complexity index is 1600. The number of amides is 2. The van der Waals surface area contributed by atoms with Crippen LogP contribution in [0.5, 0.6) is 5.88 Å². The highest BCUT2D eigenvalue weighted by molar-refractivity contribution is 7.17. The number of fused-ring (bicyclic) bond motifs is 2. The van der Waals surface area contributed by atoms with Gasteiger partial charge in [0.15, 0.2) is 4.88 Å². The lowest BCUT2D eigenvalue weighted by Crippen LogP contribution is -2.28. The third-order valence-corrected chi connectivity index (χ3v) is 8.46. The Balaban J connectivity index is 1.13. The van der Waals surface area contributed by atoms with Crippen LogP contribution in [0, 0.1) is 5.92 Å². The maximum atomic E-state index is 13.1. The lowest BCUT2D eigenvalue weighted by atomic mass is 9.92. The minimum atomic E-state index is -0.257. The summed E-state index contributed by atoms with van der Waals surface area (Å²) in [6.45, 7) is 0.955. The van der Waals surface area contributed by atoms with Crippen molar-refractivity contribution < 1.29 is 14.3 Å². The summed E-state index contributed by atoms with van der Waals surface area (Å²) < 4.78 is 5.42. The van der Waals surface area contributed by atoms with Crippen LogP contribution in [-0.2, 0) is 17.6 Å². The Morgan fingerprint density at radius 1 is 1.10 bits per heavy atom. The molecule has 1 fully saturated rings. The van der Waals surface area contributed by atoms with Crippen molar-refractivity contribution >= 4 is 57.2 Å². The molecule has 0 saturated heterocycles. The lowest BCUT2D eigenvalue weighted by Gasteiger charge is -2.22. The van der Waals surface area contributed by atoms with Crippen LogP contribution in [-0.4, -0.2) is 47.0 Å². The molecule has 0 aliphatic heterocycles. The van der Waals surface area contributed by atoms with E-state index in [0.29, 0.717) is 33.8 Å². The number of carbonyl (C=O) groups is 2. The Labute approximate surface area is 240 Å². The van der Waals surface area contributed by atoms with E-state index in [1.807, 2.05) is 18.2 Å². The Hall–Kier alpha value is -3.76. The molecule has 0 spiro atoms. The smallest absolute Gasteiger partial charge is 0.267 e. The van der Waals surface area contributed by atoms with Gasteiger partial charge in [0.1, 0.15) is 10.8 Å². The second-order valence-corrected chi connectivity index (χ2v) is 11.4. The van der Waals surface area contributed by atoms with Crippen molar-refractivity contribution in [1.29, 1.82) is 0 Å². The second kappa shape index (κ2) is 11.4. The number of halogens is 1. The molecule has 1 aromatic carbocycles. The van der Waals surface area contributed by atoms with Gasteiger partial charge in [-0.15, -0.1) is 11.3 Å². The number of aryl methyl sites for hydroxylation is 1. The highest BCUT2D eigenvalue weighted by Gasteiger charge is 2.30. The summed E-state index contributed by atoms with van der Waals surface area (Å²) in [6, 6.07) is 9.35. The molecule has 1 saturated carbocycles. The first-order valence-corrected chi connectivity index (χ1v) is 14.6. The van der Waals surface area contributed by atoms with Gasteiger partial charge in [0.25, 0.3) is 5.91 Å². The van der Waals surface area contributed by atoms with E-state index in [9.17, 15) is 9.59 Å². The van der Waals surface area contributed by atoms with Gasteiger partial charge in [-0.25, -0.2) is 9.97 Å². The van der Waals surface area contributed by atoms with Gasteiger partial charge in [-0.2, -0.15) is 0 Å². The Morgan fingerprint density at radius 3 is 2.77 bits per heavy atom. The van der Waals surface area contributed by atoms with Crippen LogP contribution < -0.4 is 20.7 Å². The van der Waals surface area contributed by atoms with Crippen molar-refractivity contribution in [2.45, 2.75) is 38.5 Å². The highest BCUT2D eigenvalue weighted by atomic mass is 35.5. The van der Waals surface area contributed by atoms with Crippen LogP contribution in [0.4, 0.5) is 11.5 Å². The fourth-order valence-electron chi connectivity index (χ4n) is 4.96. The maximum absolute atomic E-state index is 13.1. The molecule has 2 aliphatic carbocycles. The standard InChI is InChI=1S/C29H29ClN6O3S/c1-39-28-25(40-29(36-28)17-10-11-31-23(14-17)35-26(37)16-6-7-16)27(38)33-13-12-32-24-19-4-2-3-5-21(19)34-22-15-18(30)8-9-20(22)24/h8-11,14-16H,2-7,12-13H2,1H3,(H,32,34)(H,33,38)(H,31,35,37). The van der Waals surface area contributed by atoms with Gasteiger partial charge in [0.2, 0.25) is 11.8 Å². The zero-order valence-corrected chi connectivity index (χ0v) is 23.6. The normalized spacial score (nSPS) is 14.4. The van der Waals surface area contributed by atoms with E-state index >= 15 is 0 Å². The van der Waals surface area contributed by atoms with Crippen molar-refractivity contribution in [2.24, 2.45) is 5.92 Å². The first-order valence-electron chi connectivity index (χ1n) is 13.5. The molecule has 0 atom stereocenters. The third-order valence-electron chi connectivity index (χ3n) is 7.14. The predicted molar refractivity (Wildman–Crippen MR) is 157 cm³/mol. The quantitative estimate of drug-likeness (QED) is 0.226. The zero-order valence-electron chi connectivity index (χ0n) is 22.1. The Morgan fingerprint density at radius 2 is 1.95 bits per heavy atom. The van der Waals surface area contributed by atoms with Crippen LogP contribution >= 0.6 is 22.9 Å². The second-order valence-electron chi connectivity index (χ2n) is 10.0. The monoisotopic (exact) mass is 576 g/mol. The zero-order chi connectivity index (χ0) is 27.6. The van der Waals surface area contributed by atoms with E-state index in [-0.39, 0.29) is 23.6 Å². The number of carbonyl (C=O) groups excluding carboxylic acids is 2. The van der Waals surface area contributed by atoms with E-state index in [1.54, 1.807) is 18.3 Å². The third kappa shape index (κ3) is 5.59. The van der Waals surface area contributed by atoms with Crippen LogP contribution in [0.2, 0.25) is 5.02 Å². The summed E-state index contributed by atoms with van der Waals surface area (Å²) in [4.78, 5) is 39.3. The molecular weight excluding hydrogens is 548 g/mol. The molecule has 3 heterocycles. The molecule has 3 aromatic heterocycles. The van der Waals surface area contributed by atoms with E-state index in [0.717, 1.165) is 66.4 Å².